The Hall–Kier alpha value is -3.01. The molecule has 2 aromatic heterocycles. The zero-order valence-corrected chi connectivity index (χ0v) is 15.0. The number of rotatable bonds is 4. The van der Waals surface area contributed by atoms with Crippen LogP contribution < -0.4 is 21.7 Å². The normalized spacial score (nSPS) is 19.0. The van der Waals surface area contributed by atoms with Crippen molar-refractivity contribution < 1.29 is 14.1 Å². The second kappa shape index (κ2) is 7.70. The molecule has 0 aliphatic carbocycles. The van der Waals surface area contributed by atoms with E-state index < -0.39 is 11.9 Å². The Morgan fingerprint density at radius 2 is 1.96 bits per heavy atom. The molecule has 1 saturated heterocycles. The largest absolute Gasteiger partial charge is 0.355 e. The number of aromatic nitrogens is 1. The number of carbonyl (C=O) groups excluding carboxylic acids is 2. The van der Waals surface area contributed by atoms with Crippen LogP contribution in [0.5, 0.6) is 0 Å². The molecule has 27 heavy (non-hydrogen) atoms. The summed E-state index contributed by atoms with van der Waals surface area (Å²) in [5, 5.41) is 5.65. The molecule has 4 rings (SSSR count). The molecule has 0 radical (unpaired) electrons. The molecule has 9 heteroatoms. The summed E-state index contributed by atoms with van der Waals surface area (Å²) in [4.78, 5) is 25.3. The Morgan fingerprint density at radius 3 is 2.74 bits per heavy atom. The SMILES string of the molecule is O=C(NNC(=O)C1CC(c2ccccc2)NN1)c1cc(-c2cccs2)on1. The molecule has 1 aliphatic heterocycles. The van der Waals surface area contributed by atoms with Gasteiger partial charge in [-0.3, -0.25) is 20.4 Å². The minimum atomic E-state index is -0.541. The third-order valence-electron chi connectivity index (χ3n) is 4.23. The Kier molecular flexibility index (Phi) is 4.97. The summed E-state index contributed by atoms with van der Waals surface area (Å²) in [6.07, 6.45) is 0.568. The average Bonchev–Trinajstić information content (AvgIpc) is 3.47. The number of nitrogens with one attached hydrogen (secondary N) is 4. The summed E-state index contributed by atoms with van der Waals surface area (Å²) in [6, 6.07) is 14.7. The first kappa shape index (κ1) is 17.4. The second-order valence-electron chi connectivity index (χ2n) is 6.04. The van der Waals surface area contributed by atoms with Crippen LogP contribution in [0.2, 0.25) is 0 Å². The van der Waals surface area contributed by atoms with Gasteiger partial charge in [-0.1, -0.05) is 41.6 Å². The Morgan fingerprint density at radius 1 is 1.11 bits per heavy atom. The smallest absolute Gasteiger partial charge is 0.291 e. The fraction of sp³-hybridized carbons (Fsp3) is 0.167. The van der Waals surface area contributed by atoms with Crippen LogP contribution in [0.25, 0.3) is 10.6 Å². The summed E-state index contributed by atoms with van der Waals surface area (Å²) in [7, 11) is 0. The third-order valence-corrected chi connectivity index (χ3v) is 5.11. The van der Waals surface area contributed by atoms with Crippen LogP contribution in [0.3, 0.4) is 0 Å². The summed E-state index contributed by atoms with van der Waals surface area (Å²) in [5.41, 5.74) is 12.0. The summed E-state index contributed by atoms with van der Waals surface area (Å²) < 4.78 is 5.16. The molecule has 3 aromatic rings. The maximum absolute atomic E-state index is 12.3. The van der Waals surface area contributed by atoms with E-state index in [-0.39, 0.29) is 17.6 Å². The topological polar surface area (TPSA) is 108 Å². The van der Waals surface area contributed by atoms with Crippen molar-refractivity contribution in [3.63, 3.8) is 0 Å². The van der Waals surface area contributed by atoms with Gasteiger partial charge in [-0.05, 0) is 23.4 Å². The van der Waals surface area contributed by atoms with E-state index in [9.17, 15) is 9.59 Å². The van der Waals surface area contributed by atoms with Gasteiger partial charge in [0.05, 0.1) is 4.88 Å². The van der Waals surface area contributed by atoms with Crippen LogP contribution in [0, 0.1) is 0 Å². The molecule has 4 N–H and O–H groups in total. The van der Waals surface area contributed by atoms with Crippen LogP contribution in [0.1, 0.15) is 28.5 Å². The van der Waals surface area contributed by atoms with Gasteiger partial charge >= 0.3 is 0 Å². The lowest BCUT2D eigenvalue weighted by Gasteiger charge is -2.10. The molecular weight excluding hydrogens is 366 g/mol. The standard InChI is InChI=1S/C18H17N5O3S/c24-17(13-9-12(19-20-13)11-5-2-1-3-6-11)21-22-18(25)14-10-15(26-23-14)16-7-4-8-27-16/h1-8,10,12-13,19-20H,9H2,(H,21,24)(H,22,25). The molecule has 1 aromatic carbocycles. The van der Waals surface area contributed by atoms with Crippen molar-refractivity contribution in [3.8, 4) is 10.6 Å². The molecule has 0 bridgehead atoms. The van der Waals surface area contributed by atoms with Crippen molar-refractivity contribution in [1.29, 1.82) is 0 Å². The van der Waals surface area contributed by atoms with E-state index in [1.807, 2.05) is 47.8 Å². The highest BCUT2D eigenvalue weighted by Gasteiger charge is 2.30. The first-order valence-corrected chi connectivity index (χ1v) is 9.25. The number of carbonyl (C=O) groups is 2. The minimum absolute atomic E-state index is 0.0292. The van der Waals surface area contributed by atoms with E-state index in [1.165, 1.54) is 17.4 Å². The number of thiophene rings is 1. The van der Waals surface area contributed by atoms with Crippen molar-refractivity contribution in [2.24, 2.45) is 0 Å². The minimum Gasteiger partial charge on any atom is -0.355 e. The zero-order valence-electron chi connectivity index (χ0n) is 14.1. The second-order valence-corrected chi connectivity index (χ2v) is 6.99. The van der Waals surface area contributed by atoms with Gasteiger partial charge in [0, 0.05) is 12.1 Å². The van der Waals surface area contributed by atoms with Gasteiger partial charge in [-0.25, -0.2) is 10.9 Å². The van der Waals surface area contributed by atoms with Gasteiger partial charge in [0.15, 0.2) is 11.5 Å². The van der Waals surface area contributed by atoms with E-state index in [0.29, 0.717) is 12.2 Å². The highest BCUT2D eigenvalue weighted by atomic mass is 32.1. The summed E-state index contributed by atoms with van der Waals surface area (Å²) in [6.45, 7) is 0. The van der Waals surface area contributed by atoms with Gasteiger partial charge in [-0.15, -0.1) is 11.3 Å². The molecule has 2 amide bonds. The van der Waals surface area contributed by atoms with Crippen LogP contribution in [0.4, 0.5) is 0 Å². The third kappa shape index (κ3) is 3.90. The number of amides is 2. The monoisotopic (exact) mass is 383 g/mol. The first-order valence-electron chi connectivity index (χ1n) is 8.37. The molecule has 1 aliphatic rings. The van der Waals surface area contributed by atoms with Crippen molar-refractivity contribution >= 4 is 23.2 Å². The lowest BCUT2D eigenvalue weighted by Crippen LogP contribution is -2.50. The zero-order chi connectivity index (χ0) is 18.6. The number of hydrogen-bond donors (Lipinski definition) is 4. The Bertz CT molecular complexity index is 926. The molecule has 8 nitrogen and oxygen atoms in total. The highest BCUT2D eigenvalue weighted by molar-refractivity contribution is 7.13. The highest BCUT2D eigenvalue weighted by Crippen LogP contribution is 2.25. The van der Waals surface area contributed by atoms with Gasteiger partial charge in [-0.2, -0.15) is 0 Å². The molecular formula is C18H17N5O3S. The number of hydrazine groups is 2. The van der Waals surface area contributed by atoms with Crippen molar-refractivity contribution in [1.82, 2.24) is 26.9 Å². The molecule has 138 valence electrons. The quantitative estimate of drug-likeness (QED) is 0.512. The molecule has 0 saturated carbocycles. The molecule has 1 fully saturated rings. The molecule has 3 heterocycles. The van der Waals surface area contributed by atoms with E-state index in [4.69, 9.17) is 4.52 Å². The van der Waals surface area contributed by atoms with Gasteiger partial charge < -0.3 is 4.52 Å². The van der Waals surface area contributed by atoms with Crippen LogP contribution in [-0.4, -0.2) is 23.0 Å². The first-order chi connectivity index (χ1) is 13.2. The van der Waals surface area contributed by atoms with Crippen LogP contribution in [0.15, 0.2) is 58.4 Å². The van der Waals surface area contributed by atoms with Crippen molar-refractivity contribution in [2.45, 2.75) is 18.5 Å². The lowest BCUT2D eigenvalue weighted by molar-refractivity contribution is -0.123. The van der Waals surface area contributed by atoms with Gasteiger partial charge in [0.2, 0.25) is 0 Å². The van der Waals surface area contributed by atoms with E-state index >= 15 is 0 Å². The Labute approximate surface area is 158 Å². The molecule has 2 atom stereocenters. The average molecular weight is 383 g/mol. The van der Waals surface area contributed by atoms with Crippen LogP contribution >= 0.6 is 11.3 Å². The number of nitrogens with zero attached hydrogens (tertiary/aromatic N) is 1. The maximum atomic E-state index is 12.3. The molecule has 2 unspecified atom stereocenters. The fourth-order valence-corrected chi connectivity index (χ4v) is 3.49. The van der Waals surface area contributed by atoms with Crippen molar-refractivity contribution in [3.05, 3.63) is 65.2 Å². The van der Waals surface area contributed by atoms with Gasteiger partial charge in [0.25, 0.3) is 11.8 Å². The van der Waals surface area contributed by atoms with E-state index in [2.05, 4.69) is 26.9 Å². The van der Waals surface area contributed by atoms with E-state index in [1.54, 1.807) is 0 Å². The summed E-state index contributed by atoms with van der Waals surface area (Å²) in [5.74, 6) is -0.370. The van der Waals surface area contributed by atoms with Gasteiger partial charge in [0.1, 0.15) is 6.04 Å². The predicted octanol–water partition coefficient (Wildman–Crippen LogP) is 1.77. The van der Waals surface area contributed by atoms with Crippen molar-refractivity contribution in [2.75, 3.05) is 0 Å². The Balaban J connectivity index is 1.30. The maximum Gasteiger partial charge on any atom is 0.291 e. The predicted molar refractivity (Wildman–Crippen MR) is 99.3 cm³/mol. The number of hydrogen-bond acceptors (Lipinski definition) is 7. The van der Waals surface area contributed by atoms with Crippen LogP contribution in [-0.2, 0) is 4.79 Å². The molecule has 0 spiro atoms. The van der Waals surface area contributed by atoms with E-state index in [0.717, 1.165) is 10.4 Å². The fourth-order valence-electron chi connectivity index (χ4n) is 2.82. The lowest BCUT2D eigenvalue weighted by atomic mass is 10.0. The number of benzene rings is 1. The summed E-state index contributed by atoms with van der Waals surface area (Å²) >= 11 is 1.48.